The van der Waals surface area contributed by atoms with Crippen molar-refractivity contribution in [3.63, 3.8) is 0 Å². The van der Waals surface area contributed by atoms with Crippen molar-refractivity contribution in [2.75, 3.05) is 13.7 Å². The van der Waals surface area contributed by atoms with E-state index in [1.807, 2.05) is 26.0 Å². The molecule has 0 aliphatic heterocycles. The topological polar surface area (TPSA) is 21.3 Å². The van der Waals surface area contributed by atoms with Gasteiger partial charge < -0.3 is 10.1 Å². The molecule has 0 aromatic heterocycles. The number of ether oxygens (including phenoxy) is 1. The number of methoxy groups -OCH3 is 1. The van der Waals surface area contributed by atoms with Crippen molar-refractivity contribution in [3.8, 4) is 5.75 Å². The van der Waals surface area contributed by atoms with Crippen LogP contribution in [0.5, 0.6) is 5.75 Å². The van der Waals surface area contributed by atoms with Gasteiger partial charge in [-0.15, -0.1) is 0 Å². The number of rotatable bonds is 4. The Balaban J connectivity index is 0.000000921. The van der Waals surface area contributed by atoms with Gasteiger partial charge in [-0.25, -0.2) is 0 Å². The van der Waals surface area contributed by atoms with E-state index in [4.69, 9.17) is 4.74 Å². The van der Waals surface area contributed by atoms with Crippen LogP contribution in [0.4, 0.5) is 0 Å². The van der Waals surface area contributed by atoms with E-state index in [-0.39, 0.29) is 0 Å². The predicted octanol–water partition coefficient (Wildman–Crippen LogP) is 3.39. The van der Waals surface area contributed by atoms with Gasteiger partial charge in [-0.3, -0.25) is 0 Å². The van der Waals surface area contributed by atoms with E-state index in [0.717, 1.165) is 12.3 Å². The lowest BCUT2D eigenvalue weighted by atomic mass is 10.1. The fourth-order valence-electron chi connectivity index (χ4n) is 1.32. The first-order valence-corrected chi connectivity index (χ1v) is 5.65. The monoisotopic (exact) mass is 209 g/mol. The summed E-state index contributed by atoms with van der Waals surface area (Å²) in [5.41, 5.74) is 1.29. The molecule has 0 saturated carbocycles. The molecule has 0 radical (unpaired) electrons. The maximum Gasteiger partial charge on any atom is 0.118 e. The second-order valence-corrected chi connectivity index (χ2v) is 3.05. The first kappa shape index (κ1) is 14.0. The molecule has 1 aromatic rings. The van der Waals surface area contributed by atoms with Crippen LogP contribution in [0.25, 0.3) is 0 Å². The van der Waals surface area contributed by atoms with E-state index in [1.165, 1.54) is 5.56 Å². The second kappa shape index (κ2) is 8.30. The Bertz CT molecular complexity index is 243. The molecule has 0 heterocycles. The van der Waals surface area contributed by atoms with Crippen LogP contribution in [-0.4, -0.2) is 13.7 Å². The van der Waals surface area contributed by atoms with Crippen LogP contribution < -0.4 is 10.1 Å². The molecule has 0 amide bonds. The maximum absolute atomic E-state index is 5.09. The summed E-state index contributed by atoms with van der Waals surface area (Å²) in [5, 5.41) is 3.36. The van der Waals surface area contributed by atoms with E-state index in [2.05, 4.69) is 31.3 Å². The van der Waals surface area contributed by atoms with Crippen molar-refractivity contribution in [1.29, 1.82) is 0 Å². The molecule has 2 heteroatoms. The van der Waals surface area contributed by atoms with Crippen LogP contribution in [0.15, 0.2) is 24.3 Å². The number of hydrogen-bond acceptors (Lipinski definition) is 2. The van der Waals surface area contributed by atoms with Crippen LogP contribution >= 0.6 is 0 Å². The SMILES string of the molecule is CC.CCNC(C)c1ccc(OC)cc1. The van der Waals surface area contributed by atoms with Gasteiger partial charge in [-0.2, -0.15) is 0 Å². The minimum Gasteiger partial charge on any atom is -0.497 e. The lowest BCUT2D eigenvalue weighted by Crippen LogP contribution is -2.17. The molecule has 15 heavy (non-hydrogen) atoms. The number of hydrogen-bond donors (Lipinski definition) is 1. The summed E-state index contributed by atoms with van der Waals surface area (Å²) in [4.78, 5) is 0. The highest BCUT2D eigenvalue weighted by atomic mass is 16.5. The molecule has 86 valence electrons. The summed E-state index contributed by atoms with van der Waals surface area (Å²) >= 11 is 0. The third-order valence-corrected chi connectivity index (χ3v) is 2.13. The highest BCUT2D eigenvalue weighted by molar-refractivity contribution is 5.28. The largest absolute Gasteiger partial charge is 0.497 e. The second-order valence-electron chi connectivity index (χ2n) is 3.05. The molecule has 0 spiro atoms. The third-order valence-electron chi connectivity index (χ3n) is 2.13. The van der Waals surface area contributed by atoms with Crippen LogP contribution in [0.1, 0.15) is 39.3 Å². The molecular formula is C13H23NO. The van der Waals surface area contributed by atoms with E-state index in [1.54, 1.807) is 7.11 Å². The smallest absolute Gasteiger partial charge is 0.118 e. The van der Waals surface area contributed by atoms with Crippen molar-refractivity contribution in [2.45, 2.75) is 33.7 Å². The normalized spacial score (nSPS) is 11.3. The van der Waals surface area contributed by atoms with E-state index in [0.29, 0.717) is 6.04 Å². The summed E-state index contributed by atoms with van der Waals surface area (Å²) in [6, 6.07) is 8.57. The average Bonchev–Trinajstić information content (AvgIpc) is 2.32. The molecule has 0 saturated heterocycles. The Morgan fingerprint density at radius 1 is 1.20 bits per heavy atom. The van der Waals surface area contributed by atoms with Gasteiger partial charge in [0.05, 0.1) is 7.11 Å². The van der Waals surface area contributed by atoms with E-state index >= 15 is 0 Å². The summed E-state index contributed by atoms with van der Waals surface area (Å²) in [6.45, 7) is 9.26. The van der Waals surface area contributed by atoms with Crippen molar-refractivity contribution >= 4 is 0 Å². The highest BCUT2D eigenvalue weighted by Gasteiger charge is 2.02. The summed E-state index contributed by atoms with van der Waals surface area (Å²) < 4.78 is 5.09. The van der Waals surface area contributed by atoms with Crippen molar-refractivity contribution in [1.82, 2.24) is 5.32 Å². The molecule has 1 unspecified atom stereocenters. The standard InChI is InChI=1S/C11H17NO.C2H6/c1-4-12-9(2)10-5-7-11(13-3)8-6-10;1-2/h5-9,12H,4H2,1-3H3;1-2H3. The zero-order valence-corrected chi connectivity index (χ0v) is 10.5. The van der Waals surface area contributed by atoms with Crippen LogP contribution in [0.3, 0.4) is 0 Å². The first-order valence-electron chi connectivity index (χ1n) is 5.65. The molecule has 0 bridgehead atoms. The Kier molecular flexibility index (Phi) is 7.74. The molecule has 1 rings (SSSR count). The van der Waals surface area contributed by atoms with E-state index < -0.39 is 0 Å². The minimum atomic E-state index is 0.413. The minimum absolute atomic E-state index is 0.413. The molecule has 1 atom stereocenters. The van der Waals surface area contributed by atoms with Crippen molar-refractivity contribution in [3.05, 3.63) is 29.8 Å². The summed E-state index contributed by atoms with van der Waals surface area (Å²) in [5.74, 6) is 0.910. The maximum atomic E-state index is 5.09. The summed E-state index contributed by atoms with van der Waals surface area (Å²) in [7, 11) is 1.68. The quantitative estimate of drug-likeness (QED) is 0.820. The van der Waals surface area contributed by atoms with Gasteiger partial charge in [0.1, 0.15) is 5.75 Å². The van der Waals surface area contributed by atoms with Gasteiger partial charge in [0.15, 0.2) is 0 Å². The Labute approximate surface area is 93.7 Å². The fourth-order valence-corrected chi connectivity index (χ4v) is 1.32. The van der Waals surface area contributed by atoms with Crippen LogP contribution in [0.2, 0.25) is 0 Å². The average molecular weight is 209 g/mol. The predicted molar refractivity (Wildman–Crippen MR) is 66.4 cm³/mol. The van der Waals surface area contributed by atoms with Gasteiger partial charge in [0, 0.05) is 6.04 Å². The molecule has 2 nitrogen and oxygen atoms in total. The molecule has 0 fully saturated rings. The van der Waals surface area contributed by atoms with Gasteiger partial charge in [0.25, 0.3) is 0 Å². The van der Waals surface area contributed by atoms with Gasteiger partial charge in [-0.1, -0.05) is 32.9 Å². The third kappa shape index (κ3) is 4.84. The highest BCUT2D eigenvalue weighted by Crippen LogP contribution is 2.16. The summed E-state index contributed by atoms with van der Waals surface area (Å²) in [6.07, 6.45) is 0. The Morgan fingerprint density at radius 2 is 1.73 bits per heavy atom. The molecular weight excluding hydrogens is 186 g/mol. The zero-order chi connectivity index (χ0) is 11.7. The number of benzene rings is 1. The van der Waals surface area contributed by atoms with Gasteiger partial charge in [0.2, 0.25) is 0 Å². The lowest BCUT2D eigenvalue weighted by Gasteiger charge is -2.12. The first-order chi connectivity index (χ1) is 7.27. The molecule has 0 aliphatic rings. The lowest BCUT2D eigenvalue weighted by molar-refractivity contribution is 0.414. The van der Waals surface area contributed by atoms with Crippen LogP contribution in [-0.2, 0) is 0 Å². The number of nitrogens with one attached hydrogen (secondary N) is 1. The van der Waals surface area contributed by atoms with Crippen molar-refractivity contribution < 1.29 is 4.74 Å². The molecule has 1 N–H and O–H groups in total. The van der Waals surface area contributed by atoms with E-state index in [9.17, 15) is 0 Å². The zero-order valence-electron chi connectivity index (χ0n) is 10.5. The Morgan fingerprint density at radius 3 is 2.13 bits per heavy atom. The van der Waals surface area contributed by atoms with Crippen molar-refractivity contribution in [2.24, 2.45) is 0 Å². The molecule has 1 aromatic carbocycles. The van der Waals surface area contributed by atoms with Gasteiger partial charge >= 0.3 is 0 Å². The van der Waals surface area contributed by atoms with Gasteiger partial charge in [-0.05, 0) is 31.2 Å². The molecule has 0 aliphatic carbocycles. The van der Waals surface area contributed by atoms with Crippen LogP contribution in [0, 0.1) is 0 Å². The fraction of sp³-hybridized carbons (Fsp3) is 0.538. The Hall–Kier alpha value is -1.02.